The van der Waals surface area contributed by atoms with Crippen LogP contribution in [0.2, 0.25) is 5.28 Å². The van der Waals surface area contributed by atoms with Crippen molar-refractivity contribution in [3.8, 4) is 11.6 Å². The molecule has 0 aliphatic rings. The van der Waals surface area contributed by atoms with Crippen LogP contribution >= 0.6 is 11.6 Å². The predicted octanol–water partition coefficient (Wildman–Crippen LogP) is 3.40. The first-order valence-electron chi connectivity index (χ1n) is 6.25. The van der Waals surface area contributed by atoms with Crippen LogP contribution in [0.15, 0.2) is 12.1 Å². The van der Waals surface area contributed by atoms with E-state index in [0.29, 0.717) is 17.9 Å². The van der Waals surface area contributed by atoms with Crippen LogP contribution < -0.4 is 4.74 Å². The number of ether oxygens (including phenoxy) is 1. The van der Waals surface area contributed by atoms with E-state index < -0.39 is 4.92 Å². The number of hydrogen-bond acceptors (Lipinski definition) is 6. The highest BCUT2D eigenvalue weighted by Crippen LogP contribution is 2.33. The monoisotopic (exact) mass is 308 g/mol. The fourth-order valence-corrected chi connectivity index (χ4v) is 2.04. The Balaban J connectivity index is 2.51. The van der Waals surface area contributed by atoms with Gasteiger partial charge in [0.1, 0.15) is 5.69 Å². The van der Waals surface area contributed by atoms with Crippen molar-refractivity contribution in [3.05, 3.63) is 44.6 Å². The normalized spacial score (nSPS) is 10.5. The van der Waals surface area contributed by atoms with Gasteiger partial charge in [0, 0.05) is 5.69 Å². The van der Waals surface area contributed by atoms with E-state index in [-0.39, 0.29) is 22.5 Å². The van der Waals surface area contributed by atoms with E-state index in [1.54, 1.807) is 12.1 Å². The second-order valence-corrected chi connectivity index (χ2v) is 4.68. The van der Waals surface area contributed by atoms with Crippen LogP contribution in [-0.2, 0) is 6.42 Å². The maximum atomic E-state index is 11.1. The van der Waals surface area contributed by atoms with Crippen molar-refractivity contribution in [1.29, 1.82) is 0 Å². The maximum Gasteiger partial charge on any atom is 0.352 e. The molecule has 0 bridgehead atoms. The van der Waals surface area contributed by atoms with Gasteiger partial charge in [-0.1, -0.05) is 6.92 Å². The summed E-state index contributed by atoms with van der Waals surface area (Å²) in [5.74, 6) is 0.234. The van der Waals surface area contributed by atoms with Crippen molar-refractivity contribution in [2.45, 2.75) is 27.2 Å². The van der Waals surface area contributed by atoms with Gasteiger partial charge in [0.05, 0.1) is 10.6 Å². The van der Waals surface area contributed by atoms with Gasteiger partial charge in [-0.05, 0) is 44.0 Å². The summed E-state index contributed by atoms with van der Waals surface area (Å²) in [4.78, 5) is 22.5. The molecule has 0 saturated heterocycles. The largest absolute Gasteiger partial charge is 0.432 e. The minimum absolute atomic E-state index is 0.105. The number of rotatable bonds is 4. The molecule has 2 heterocycles. The van der Waals surface area contributed by atoms with Gasteiger partial charge >= 0.3 is 11.6 Å². The second kappa shape index (κ2) is 6.01. The molecule has 2 rings (SSSR count). The lowest BCUT2D eigenvalue weighted by Crippen LogP contribution is -2.03. The highest BCUT2D eigenvalue weighted by molar-refractivity contribution is 6.28. The Morgan fingerprint density at radius 3 is 2.62 bits per heavy atom. The molecular weight excluding hydrogens is 296 g/mol. The molecule has 0 spiro atoms. The molecule has 2 aromatic rings. The zero-order valence-electron chi connectivity index (χ0n) is 11.8. The van der Waals surface area contributed by atoms with Crippen LogP contribution in [0.5, 0.6) is 11.6 Å². The minimum atomic E-state index is -0.589. The van der Waals surface area contributed by atoms with Crippen LogP contribution in [0.4, 0.5) is 5.69 Å². The lowest BCUT2D eigenvalue weighted by atomic mass is 10.2. The highest BCUT2D eigenvalue weighted by atomic mass is 35.5. The molecule has 0 aromatic carbocycles. The molecule has 110 valence electrons. The van der Waals surface area contributed by atoms with Gasteiger partial charge in [0.15, 0.2) is 5.75 Å². The third kappa shape index (κ3) is 3.25. The van der Waals surface area contributed by atoms with E-state index in [1.165, 1.54) is 6.92 Å². The van der Waals surface area contributed by atoms with Gasteiger partial charge in [-0.2, -0.15) is 4.98 Å². The van der Waals surface area contributed by atoms with E-state index in [0.717, 1.165) is 5.69 Å². The molecule has 21 heavy (non-hydrogen) atoms. The number of pyridine rings is 1. The number of nitro groups is 1. The smallest absolute Gasteiger partial charge is 0.352 e. The summed E-state index contributed by atoms with van der Waals surface area (Å²) in [7, 11) is 0. The van der Waals surface area contributed by atoms with Gasteiger partial charge in [-0.3, -0.25) is 15.1 Å². The Morgan fingerprint density at radius 1 is 1.29 bits per heavy atom. The topological polar surface area (TPSA) is 91.0 Å². The SMILES string of the molecule is CCc1nc(C)ccc1Oc1nc(Cl)nc(C)c1[N+](=O)[O-]. The Kier molecular flexibility index (Phi) is 4.32. The average Bonchev–Trinajstić information content (AvgIpc) is 2.39. The van der Waals surface area contributed by atoms with Gasteiger partial charge in [0.25, 0.3) is 0 Å². The molecule has 0 N–H and O–H groups in total. The predicted molar refractivity (Wildman–Crippen MR) is 76.9 cm³/mol. The third-order valence-corrected chi connectivity index (χ3v) is 2.96. The van der Waals surface area contributed by atoms with E-state index in [4.69, 9.17) is 16.3 Å². The van der Waals surface area contributed by atoms with E-state index in [2.05, 4.69) is 15.0 Å². The van der Waals surface area contributed by atoms with Crippen molar-refractivity contribution in [3.63, 3.8) is 0 Å². The lowest BCUT2D eigenvalue weighted by molar-refractivity contribution is -0.386. The summed E-state index contributed by atoms with van der Waals surface area (Å²) in [6, 6.07) is 3.46. The molecule has 7 nitrogen and oxygen atoms in total. The summed E-state index contributed by atoms with van der Waals surface area (Å²) in [6.45, 7) is 5.25. The lowest BCUT2D eigenvalue weighted by Gasteiger charge is -2.10. The first-order chi connectivity index (χ1) is 9.92. The molecule has 0 atom stereocenters. The quantitative estimate of drug-likeness (QED) is 0.488. The fraction of sp³-hybridized carbons (Fsp3) is 0.308. The number of aromatic nitrogens is 3. The summed E-state index contributed by atoms with van der Waals surface area (Å²) < 4.78 is 5.57. The van der Waals surface area contributed by atoms with Crippen molar-refractivity contribution in [1.82, 2.24) is 15.0 Å². The van der Waals surface area contributed by atoms with Crippen molar-refractivity contribution in [2.24, 2.45) is 0 Å². The summed E-state index contributed by atoms with van der Waals surface area (Å²) in [5.41, 5.74) is 1.37. The molecule has 0 saturated carbocycles. The first kappa shape index (κ1) is 15.1. The van der Waals surface area contributed by atoms with Crippen LogP contribution in [0.3, 0.4) is 0 Å². The average molecular weight is 309 g/mol. The molecule has 0 unspecified atom stereocenters. The van der Waals surface area contributed by atoms with Gasteiger partial charge in [-0.15, -0.1) is 0 Å². The highest BCUT2D eigenvalue weighted by Gasteiger charge is 2.24. The molecule has 0 amide bonds. The molecule has 0 radical (unpaired) electrons. The number of hydrogen-bond donors (Lipinski definition) is 0. The standard InChI is InChI=1S/C13H13ClN4O3/c1-4-9-10(6-5-7(2)15-9)21-12-11(18(19)20)8(3)16-13(14)17-12/h5-6H,4H2,1-3H3. The van der Waals surface area contributed by atoms with Crippen LogP contribution in [0.1, 0.15) is 24.0 Å². The minimum Gasteiger partial charge on any atom is -0.432 e. The van der Waals surface area contributed by atoms with Gasteiger partial charge in [-0.25, -0.2) is 4.98 Å². The summed E-state index contributed by atoms with van der Waals surface area (Å²) >= 11 is 5.75. The van der Waals surface area contributed by atoms with Gasteiger partial charge in [0.2, 0.25) is 5.28 Å². The van der Waals surface area contributed by atoms with Crippen LogP contribution in [-0.4, -0.2) is 19.9 Å². The molecule has 0 fully saturated rings. The van der Waals surface area contributed by atoms with Crippen LogP contribution in [0, 0.1) is 24.0 Å². The number of aryl methyl sites for hydroxylation is 3. The zero-order valence-corrected chi connectivity index (χ0v) is 12.5. The Bertz CT molecular complexity index is 706. The second-order valence-electron chi connectivity index (χ2n) is 4.34. The summed E-state index contributed by atoms with van der Waals surface area (Å²) in [5, 5.41) is 11.0. The Morgan fingerprint density at radius 2 is 2.00 bits per heavy atom. The van der Waals surface area contributed by atoms with Crippen molar-refractivity contribution < 1.29 is 9.66 Å². The number of nitrogens with zero attached hydrogens (tertiary/aromatic N) is 4. The van der Waals surface area contributed by atoms with E-state index >= 15 is 0 Å². The first-order valence-corrected chi connectivity index (χ1v) is 6.63. The summed E-state index contributed by atoms with van der Waals surface area (Å²) in [6.07, 6.45) is 0.628. The molecular formula is C13H13ClN4O3. The van der Waals surface area contributed by atoms with E-state index in [9.17, 15) is 10.1 Å². The maximum absolute atomic E-state index is 11.1. The molecule has 0 aliphatic heterocycles. The zero-order chi connectivity index (χ0) is 15.6. The van der Waals surface area contributed by atoms with E-state index in [1.807, 2.05) is 13.8 Å². The number of halogens is 1. The van der Waals surface area contributed by atoms with Crippen molar-refractivity contribution >= 4 is 17.3 Å². The van der Waals surface area contributed by atoms with Gasteiger partial charge < -0.3 is 4.74 Å². The fourth-order valence-electron chi connectivity index (χ4n) is 1.84. The van der Waals surface area contributed by atoms with Crippen LogP contribution in [0.25, 0.3) is 0 Å². The Labute approximate surface area is 126 Å². The van der Waals surface area contributed by atoms with Crippen molar-refractivity contribution in [2.75, 3.05) is 0 Å². The molecule has 8 heteroatoms. The Hall–Kier alpha value is -2.28. The molecule has 0 aliphatic carbocycles. The molecule has 2 aromatic heterocycles. The third-order valence-electron chi connectivity index (χ3n) is 2.79.